The van der Waals surface area contributed by atoms with E-state index in [-0.39, 0.29) is 0 Å². The van der Waals surface area contributed by atoms with Crippen LogP contribution in [0.25, 0.3) is 0 Å². The Morgan fingerprint density at radius 1 is 0.941 bits per heavy atom. The summed E-state index contributed by atoms with van der Waals surface area (Å²) in [5, 5.41) is 0. The van der Waals surface area contributed by atoms with E-state index in [4.69, 9.17) is 4.74 Å². The Morgan fingerprint density at radius 3 is 2.06 bits per heavy atom. The molecule has 1 unspecified atom stereocenters. The zero-order chi connectivity index (χ0) is 12.1. The first-order valence-electron chi connectivity index (χ1n) is 6.49. The molecule has 1 N–H and O–H groups in total. The van der Waals surface area contributed by atoms with Gasteiger partial charge in [-0.25, -0.2) is 0 Å². The fourth-order valence-corrected chi connectivity index (χ4v) is 4.42. The zero-order valence-corrected chi connectivity index (χ0v) is 11.3. The summed E-state index contributed by atoms with van der Waals surface area (Å²) in [5.74, 6) is 0. The molecule has 0 aromatic heterocycles. The molecule has 2 saturated heterocycles. The standard InChI is InChI=1S/C11H23N2O3P/c14-17(15,10-12-4-2-1-3-5-12)11-13-6-8-16-9-7-13/h1-11H2,(H,14,15). The molecule has 2 aliphatic rings. The van der Waals surface area contributed by atoms with E-state index in [1.54, 1.807) is 0 Å². The Kier molecular flexibility index (Phi) is 5.00. The minimum absolute atomic E-state index is 0.326. The van der Waals surface area contributed by atoms with Crippen LogP contribution in [-0.4, -0.2) is 66.7 Å². The van der Waals surface area contributed by atoms with Gasteiger partial charge in [-0.15, -0.1) is 0 Å². The first-order valence-corrected chi connectivity index (χ1v) is 8.52. The van der Waals surface area contributed by atoms with Crippen molar-refractivity contribution in [1.29, 1.82) is 0 Å². The number of likely N-dealkylation sites (tertiary alicyclic amines) is 1. The maximum atomic E-state index is 12.2. The SMILES string of the molecule is O=P(O)(CN1CCCCC1)CN1CCOCC1. The summed E-state index contributed by atoms with van der Waals surface area (Å²) in [4.78, 5) is 14.2. The first kappa shape index (κ1) is 13.5. The van der Waals surface area contributed by atoms with Gasteiger partial charge in [0.2, 0.25) is 7.37 Å². The second kappa shape index (κ2) is 6.30. The summed E-state index contributed by atoms with van der Waals surface area (Å²) < 4.78 is 17.4. The molecule has 0 spiro atoms. The maximum Gasteiger partial charge on any atom is 0.227 e. The fourth-order valence-electron chi connectivity index (χ4n) is 2.51. The average molecular weight is 262 g/mol. The van der Waals surface area contributed by atoms with Crippen molar-refractivity contribution < 1.29 is 14.2 Å². The predicted molar refractivity (Wildman–Crippen MR) is 67.4 cm³/mol. The molecule has 5 nitrogen and oxygen atoms in total. The topological polar surface area (TPSA) is 53.0 Å². The van der Waals surface area contributed by atoms with Crippen LogP contribution in [0.5, 0.6) is 0 Å². The van der Waals surface area contributed by atoms with Gasteiger partial charge in [0.05, 0.1) is 25.8 Å². The van der Waals surface area contributed by atoms with E-state index in [2.05, 4.69) is 4.90 Å². The molecule has 1 atom stereocenters. The molecular formula is C11H23N2O3P. The average Bonchev–Trinajstić information content (AvgIpc) is 2.30. The lowest BCUT2D eigenvalue weighted by Crippen LogP contribution is -2.38. The monoisotopic (exact) mass is 262 g/mol. The fraction of sp³-hybridized carbons (Fsp3) is 1.00. The van der Waals surface area contributed by atoms with Gasteiger partial charge < -0.3 is 9.63 Å². The minimum atomic E-state index is -3.03. The van der Waals surface area contributed by atoms with E-state index in [0.717, 1.165) is 39.0 Å². The van der Waals surface area contributed by atoms with Gasteiger partial charge in [-0.3, -0.25) is 14.4 Å². The van der Waals surface area contributed by atoms with Gasteiger partial charge in [0.1, 0.15) is 0 Å². The molecule has 2 heterocycles. The minimum Gasteiger partial charge on any atom is -0.379 e. The Balaban J connectivity index is 1.78. The summed E-state index contributed by atoms with van der Waals surface area (Å²) in [5.41, 5.74) is 0. The van der Waals surface area contributed by atoms with Crippen LogP contribution in [0.15, 0.2) is 0 Å². The van der Waals surface area contributed by atoms with Crippen LogP contribution in [0.4, 0.5) is 0 Å². The molecular weight excluding hydrogens is 239 g/mol. The molecule has 17 heavy (non-hydrogen) atoms. The Labute approximate surface area is 103 Å². The van der Waals surface area contributed by atoms with Crippen molar-refractivity contribution in [1.82, 2.24) is 9.80 Å². The Bertz CT molecular complexity index is 252. The largest absolute Gasteiger partial charge is 0.379 e. The van der Waals surface area contributed by atoms with Crippen LogP contribution in [0.1, 0.15) is 19.3 Å². The van der Waals surface area contributed by atoms with Crippen LogP contribution >= 0.6 is 7.37 Å². The lowest BCUT2D eigenvalue weighted by molar-refractivity contribution is 0.0451. The smallest absolute Gasteiger partial charge is 0.227 e. The van der Waals surface area contributed by atoms with Gasteiger partial charge in [-0.2, -0.15) is 0 Å². The van der Waals surface area contributed by atoms with Crippen molar-refractivity contribution in [2.45, 2.75) is 19.3 Å². The number of piperidine rings is 1. The van der Waals surface area contributed by atoms with Crippen LogP contribution in [0.2, 0.25) is 0 Å². The maximum absolute atomic E-state index is 12.2. The quantitative estimate of drug-likeness (QED) is 0.766. The van der Waals surface area contributed by atoms with Crippen molar-refractivity contribution in [2.24, 2.45) is 0 Å². The first-order chi connectivity index (χ1) is 8.16. The molecule has 0 aromatic carbocycles. The molecule has 0 aliphatic carbocycles. The molecule has 0 saturated carbocycles. The molecule has 2 rings (SSSR count). The summed E-state index contributed by atoms with van der Waals surface area (Å²) in [7, 11) is -3.03. The van der Waals surface area contributed by atoms with Crippen molar-refractivity contribution >= 4 is 7.37 Å². The second-order valence-corrected chi connectivity index (χ2v) is 7.30. The third-order valence-corrected chi connectivity index (χ3v) is 5.08. The van der Waals surface area contributed by atoms with Gasteiger partial charge in [0, 0.05) is 13.1 Å². The van der Waals surface area contributed by atoms with E-state index < -0.39 is 7.37 Å². The van der Waals surface area contributed by atoms with Gasteiger partial charge >= 0.3 is 0 Å². The third kappa shape index (κ3) is 4.68. The predicted octanol–water partition coefficient (Wildman–Crippen LogP) is 0.990. The highest BCUT2D eigenvalue weighted by Gasteiger charge is 2.27. The van der Waals surface area contributed by atoms with Crippen molar-refractivity contribution in [3.63, 3.8) is 0 Å². The zero-order valence-electron chi connectivity index (χ0n) is 10.4. The van der Waals surface area contributed by atoms with E-state index in [9.17, 15) is 9.46 Å². The molecule has 0 radical (unpaired) electrons. The number of hydrogen-bond acceptors (Lipinski definition) is 4. The Hall–Kier alpha value is 0.0700. The van der Waals surface area contributed by atoms with Crippen LogP contribution in [0.3, 0.4) is 0 Å². The van der Waals surface area contributed by atoms with E-state index >= 15 is 0 Å². The molecule has 0 aromatic rings. The van der Waals surface area contributed by atoms with Gasteiger partial charge in [0.15, 0.2) is 0 Å². The molecule has 0 bridgehead atoms. The molecule has 2 fully saturated rings. The van der Waals surface area contributed by atoms with Crippen LogP contribution in [0, 0.1) is 0 Å². The van der Waals surface area contributed by atoms with Crippen molar-refractivity contribution in [3.8, 4) is 0 Å². The number of ether oxygens (including phenoxy) is 1. The van der Waals surface area contributed by atoms with E-state index in [1.807, 2.05) is 4.90 Å². The summed E-state index contributed by atoms with van der Waals surface area (Å²) in [6, 6.07) is 0. The lowest BCUT2D eigenvalue weighted by Gasteiger charge is -2.32. The van der Waals surface area contributed by atoms with Gasteiger partial charge in [0.25, 0.3) is 0 Å². The third-order valence-electron chi connectivity index (χ3n) is 3.39. The van der Waals surface area contributed by atoms with Crippen molar-refractivity contribution in [3.05, 3.63) is 0 Å². The molecule has 100 valence electrons. The van der Waals surface area contributed by atoms with Gasteiger partial charge in [-0.1, -0.05) is 6.42 Å². The summed E-state index contributed by atoms with van der Waals surface area (Å²) in [6.07, 6.45) is 4.28. The number of morpholine rings is 1. The van der Waals surface area contributed by atoms with E-state index in [0.29, 0.717) is 25.8 Å². The highest BCUT2D eigenvalue weighted by atomic mass is 31.2. The van der Waals surface area contributed by atoms with Gasteiger partial charge in [-0.05, 0) is 25.9 Å². The summed E-state index contributed by atoms with van der Waals surface area (Å²) >= 11 is 0. The number of rotatable bonds is 4. The van der Waals surface area contributed by atoms with Crippen molar-refractivity contribution in [2.75, 3.05) is 52.0 Å². The molecule has 0 amide bonds. The van der Waals surface area contributed by atoms with E-state index in [1.165, 1.54) is 6.42 Å². The molecule has 6 heteroatoms. The van der Waals surface area contributed by atoms with Crippen LogP contribution < -0.4 is 0 Å². The van der Waals surface area contributed by atoms with Crippen LogP contribution in [-0.2, 0) is 9.30 Å². The Morgan fingerprint density at radius 2 is 1.47 bits per heavy atom. The highest BCUT2D eigenvalue weighted by molar-refractivity contribution is 7.57. The highest BCUT2D eigenvalue weighted by Crippen LogP contribution is 2.42. The molecule has 2 aliphatic heterocycles. The lowest BCUT2D eigenvalue weighted by atomic mass is 10.1. The number of hydrogen-bond donors (Lipinski definition) is 1. The number of nitrogens with zero attached hydrogens (tertiary/aromatic N) is 2. The normalized spacial score (nSPS) is 27.8. The summed E-state index contributed by atoms with van der Waals surface area (Å²) in [6.45, 7) is 4.89. The second-order valence-electron chi connectivity index (χ2n) is 5.04.